The number of nitrogens with two attached hydrogens (primary N) is 1. The molecule has 0 spiro atoms. The van der Waals surface area contributed by atoms with Crippen molar-refractivity contribution in [2.24, 2.45) is 5.73 Å². The van der Waals surface area contributed by atoms with Gasteiger partial charge in [-0.15, -0.1) is 0 Å². The minimum atomic E-state index is -0.970. The topological polar surface area (TPSA) is 26.0 Å². The van der Waals surface area contributed by atoms with E-state index in [0.717, 1.165) is 5.56 Å². The van der Waals surface area contributed by atoms with Crippen molar-refractivity contribution in [3.8, 4) is 0 Å². The van der Waals surface area contributed by atoms with Crippen molar-refractivity contribution in [2.45, 2.75) is 25.8 Å². The fourth-order valence-corrected chi connectivity index (χ4v) is 2.11. The highest BCUT2D eigenvalue weighted by Gasteiger charge is 2.19. The van der Waals surface area contributed by atoms with E-state index < -0.39 is 23.5 Å². The van der Waals surface area contributed by atoms with Crippen LogP contribution in [0.3, 0.4) is 0 Å². The first-order chi connectivity index (χ1) is 9.40. The van der Waals surface area contributed by atoms with Crippen LogP contribution in [0.2, 0.25) is 0 Å². The summed E-state index contributed by atoms with van der Waals surface area (Å²) in [6.07, 6.45) is 0. The van der Waals surface area contributed by atoms with Gasteiger partial charge >= 0.3 is 0 Å². The van der Waals surface area contributed by atoms with Gasteiger partial charge in [0.2, 0.25) is 0 Å². The average molecular weight is 279 g/mol. The third-order valence-electron chi connectivity index (χ3n) is 3.32. The Balaban J connectivity index is 2.38. The predicted molar refractivity (Wildman–Crippen MR) is 72.9 cm³/mol. The summed E-state index contributed by atoms with van der Waals surface area (Å²) in [7, 11) is 0. The standard InChI is InChI=1S/C16H16F3N/c1-9(2)10-3-5-11(6-4-10)16(20)15-13(18)7-12(17)8-14(15)19/h3-9,16H,20H2,1-2H3. The van der Waals surface area contributed by atoms with Crippen LogP contribution in [0.25, 0.3) is 0 Å². The summed E-state index contributed by atoms with van der Waals surface area (Å²) in [6, 6.07) is 7.54. The summed E-state index contributed by atoms with van der Waals surface area (Å²) in [5, 5.41) is 0. The quantitative estimate of drug-likeness (QED) is 0.891. The van der Waals surface area contributed by atoms with Gasteiger partial charge in [-0.25, -0.2) is 13.2 Å². The molecule has 0 fully saturated rings. The predicted octanol–water partition coefficient (Wildman–Crippen LogP) is 4.28. The zero-order chi connectivity index (χ0) is 14.9. The van der Waals surface area contributed by atoms with Gasteiger partial charge < -0.3 is 5.73 Å². The molecule has 0 aromatic heterocycles. The second-order valence-electron chi connectivity index (χ2n) is 5.08. The number of halogens is 3. The van der Waals surface area contributed by atoms with Crippen LogP contribution >= 0.6 is 0 Å². The molecule has 4 heteroatoms. The highest BCUT2D eigenvalue weighted by Crippen LogP contribution is 2.27. The van der Waals surface area contributed by atoms with Gasteiger partial charge in [-0.3, -0.25) is 0 Å². The van der Waals surface area contributed by atoms with Crippen LogP contribution in [0.4, 0.5) is 13.2 Å². The largest absolute Gasteiger partial charge is 0.320 e. The molecule has 0 aliphatic carbocycles. The molecule has 0 aliphatic rings. The second kappa shape index (κ2) is 5.67. The maximum Gasteiger partial charge on any atom is 0.134 e. The summed E-state index contributed by atoms with van der Waals surface area (Å²) in [4.78, 5) is 0. The van der Waals surface area contributed by atoms with E-state index >= 15 is 0 Å². The van der Waals surface area contributed by atoms with Gasteiger partial charge in [0.1, 0.15) is 17.5 Å². The highest BCUT2D eigenvalue weighted by atomic mass is 19.1. The Bertz CT molecular complexity index is 583. The number of rotatable bonds is 3. The summed E-state index contributed by atoms with van der Waals surface area (Å²) in [5.41, 5.74) is 7.27. The number of hydrogen-bond donors (Lipinski definition) is 1. The molecule has 0 saturated carbocycles. The van der Waals surface area contributed by atoms with Crippen molar-refractivity contribution in [2.75, 3.05) is 0 Å². The number of hydrogen-bond acceptors (Lipinski definition) is 1. The Morgan fingerprint density at radius 3 is 1.75 bits per heavy atom. The molecule has 1 atom stereocenters. The van der Waals surface area contributed by atoms with Crippen molar-refractivity contribution in [1.29, 1.82) is 0 Å². The lowest BCUT2D eigenvalue weighted by Gasteiger charge is -2.15. The van der Waals surface area contributed by atoms with Crippen LogP contribution in [0.15, 0.2) is 36.4 Å². The van der Waals surface area contributed by atoms with Gasteiger partial charge in [-0.1, -0.05) is 38.1 Å². The van der Waals surface area contributed by atoms with E-state index in [2.05, 4.69) is 0 Å². The molecule has 2 N–H and O–H groups in total. The van der Waals surface area contributed by atoms with Crippen molar-refractivity contribution < 1.29 is 13.2 Å². The maximum atomic E-state index is 13.7. The Morgan fingerprint density at radius 1 is 0.850 bits per heavy atom. The van der Waals surface area contributed by atoms with Gasteiger partial charge in [0.05, 0.1) is 6.04 Å². The molecule has 0 radical (unpaired) electrons. The van der Waals surface area contributed by atoms with Crippen LogP contribution in [0, 0.1) is 17.5 Å². The second-order valence-corrected chi connectivity index (χ2v) is 5.08. The van der Waals surface area contributed by atoms with Crippen LogP contribution in [-0.4, -0.2) is 0 Å². The Morgan fingerprint density at radius 2 is 1.30 bits per heavy atom. The maximum absolute atomic E-state index is 13.7. The molecule has 0 amide bonds. The minimum Gasteiger partial charge on any atom is -0.320 e. The molecular weight excluding hydrogens is 263 g/mol. The first-order valence-electron chi connectivity index (χ1n) is 6.40. The average Bonchev–Trinajstić information content (AvgIpc) is 2.37. The van der Waals surface area contributed by atoms with Gasteiger partial charge in [-0.2, -0.15) is 0 Å². The molecule has 0 saturated heterocycles. The molecule has 2 rings (SSSR count). The van der Waals surface area contributed by atoms with E-state index in [4.69, 9.17) is 5.73 Å². The first kappa shape index (κ1) is 14.6. The van der Waals surface area contributed by atoms with Crippen LogP contribution in [0.5, 0.6) is 0 Å². The molecule has 0 bridgehead atoms. The summed E-state index contributed by atoms with van der Waals surface area (Å²) in [5.74, 6) is -2.53. The smallest absolute Gasteiger partial charge is 0.134 e. The minimum absolute atomic E-state index is 0.316. The lowest BCUT2D eigenvalue weighted by atomic mass is 9.95. The third-order valence-corrected chi connectivity index (χ3v) is 3.32. The molecule has 2 aromatic carbocycles. The molecule has 106 valence electrons. The lowest BCUT2D eigenvalue weighted by Crippen LogP contribution is -2.16. The van der Waals surface area contributed by atoms with Crippen LogP contribution < -0.4 is 5.73 Å². The lowest BCUT2D eigenvalue weighted by molar-refractivity contribution is 0.515. The molecule has 0 heterocycles. The summed E-state index contributed by atoms with van der Waals surface area (Å²) >= 11 is 0. The van der Waals surface area contributed by atoms with E-state index in [0.29, 0.717) is 23.6 Å². The Kier molecular flexibility index (Phi) is 4.14. The van der Waals surface area contributed by atoms with Gasteiger partial charge in [0.15, 0.2) is 0 Å². The molecule has 1 nitrogen and oxygen atoms in total. The van der Waals surface area contributed by atoms with E-state index in [-0.39, 0.29) is 5.56 Å². The van der Waals surface area contributed by atoms with Crippen molar-refractivity contribution in [3.05, 3.63) is 70.5 Å². The third kappa shape index (κ3) is 2.85. The molecule has 20 heavy (non-hydrogen) atoms. The zero-order valence-corrected chi connectivity index (χ0v) is 11.3. The Hall–Kier alpha value is -1.81. The zero-order valence-electron chi connectivity index (χ0n) is 11.3. The first-order valence-corrected chi connectivity index (χ1v) is 6.40. The van der Waals surface area contributed by atoms with E-state index in [1.165, 1.54) is 0 Å². The van der Waals surface area contributed by atoms with Gasteiger partial charge in [0, 0.05) is 17.7 Å². The molecule has 1 unspecified atom stereocenters. The van der Waals surface area contributed by atoms with Crippen LogP contribution in [0.1, 0.15) is 42.5 Å². The fraction of sp³-hybridized carbons (Fsp3) is 0.250. The highest BCUT2D eigenvalue weighted by molar-refractivity contribution is 5.35. The monoisotopic (exact) mass is 279 g/mol. The summed E-state index contributed by atoms with van der Waals surface area (Å²) < 4.78 is 40.3. The van der Waals surface area contributed by atoms with E-state index in [1.54, 1.807) is 12.1 Å². The van der Waals surface area contributed by atoms with Gasteiger partial charge in [0.25, 0.3) is 0 Å². The molecular formula is C16H16F3N. The summed E-state index contributed by atoms with van der Waals surface area (Å²) in [6.45, 7) is 4.10. The SMILES string of the molecule is CC(C)c1ccc(C(N)c2c(F)cc(F)cc2F)cc1. The van der Waals surface area contributed by atoms with Crippen molar-refractivity contribution in [1.82, 2.24) is 0 Å². The Labute approximate surface area is 116 Å². The van der Waals surface area contributed by atoms with Crippen molar-refractivity contribution >= 4 is 0 Å². The van der Waals surface area contributed by atoms with Crippen LogP contribution in [-0.2, 0) is 0 Å². The normalized spacial score (nSPS) is 12.8. The molecule has 0 aliphatic heterocycles. The van der Waals surface area contributed by atoms with E-state index in [9.17, 15) is 13.2 Å². The van der Waals surface area contributed by atoms with E-state index in [1.807, 2.05) is 26.0 Å². The fourth-order valence-electron chi connectivity index (χ4n) is 2.11. The van der Waals surface area contributed by atoms with Gasteiger partial charge in [-0.05, 0) is 17.0 Å². The molecule has 2 aromatic rings. The number of benzene rings is 2. The van der Waals surface area contributed by atoms with Crippen molar-refractivity contribution in [3.63, 3.8) is 0 Å².